The second kappa shape index (κ2) is 5.78. The second-order valence-corrected chi connectivity index (χ2v) is 8.94. The highest BCUT2D eigenvalue weighted by Crippen LogP contribution is 2.58. The van der Waals surface area contributed by atoms with Crippen molar-refractivity contribution in [2.75, 3.05) is 18.4 Å². The average molecular weight is 389 g/mol. The summed E-state index contributed by atoms with van der Waals surface area (Å²) in [7, 11) is 0. The van der Waals surface area contributed by atoms with Crippen molar-refractivity contribution in [3.63, 3.8) is 0 Å². The third-order valence-electron chi connectivity index (χ3n) is 6.81. The van der Waals surface area contributed by atoms with Crippen LogP contribution >= 0.6 is 0 Å². The molecule has 3 fully saturated rings. The molecule has 4 heterocycles. The summed E-state index contributed by atoms with van der Waals surface area (Å²) in [4.78, 5) is 28.6. The smallest absolute Gasteiger partial charge is 0.258 e. The summed E-state index contributed by atoms with van der Waals surface area (Å²) in [6, 6.07) is 6.08. The second-order valence-electron chi connectivity index (χ2n) is 8.94. The monoisotopic (exact) mass is 389 g/mol. The number of nitrogens with zero attached hydrogens (tertiary/aromatic N) is 4. The van der Waals surface area contributed by atoms with Gasteiger partial charge in [0.25, 0.3) is 5.91 Å². The summed E-state index contributed by atoms with van der Waals surface area (Å²) in [5.74, 6) is 2.82. The average Bonchev–Trinajstić information content (AvgIpc) is 3.51. The molecule has 1 aliphatic heterocycles. The number of carbonyl (C=O) groups is 1. The van der Waals surface area contributed by atoms with Gasteiger partial charge in [0.1, 0.15) is 17.9 Å². The van der Waals surface area contributed by atoms with E-state index in [1.807, 2.05) is 30.2 Å². The van der Waals surface area contributed by atoms with Gasteiger partial charge >= 0.3 is 0 Å². The number of likely N-dealkylation sites (tertiary alicyclic amines) is 1. The van der Waals surface area contributed by atoms with Crippen LogP contribution in [-0.4, -0.2) is 44.4 Å². The molecule has 6 rings (SSSR count). The molecule has 3 aromatic rings. The first-order chi connectivity index (χ1) is 14.0. The van der Waals surface area contributed by atoms with Crippen LogP contribution in [0.3, 0.4) is 0 Å². The number of anilines is 1. The summed E-state index contributed by atoms with van der Waals surface area (Å²) < 4.78 is 5.84. The normalized spacial score (nSPS) is 26.4. The van der Waals surface area contributed by atoms with Crippen molar-refractivity contribution in [3.8, 4) is 0 Å². The highest BCUT2D eigenvalue weighted by atomic mass is 16.3. The molecule has 1 unspecified atom stereocenters. The molecule has 1 saturated heterocycles. The standard InChI is InChI=1S/C22H23N5O2/c1-12-16(18-19(26-22(2)6-7-22)24-11-25-20(18)29-12)21(28)27-9-13-14(10-27)17(13)15-5-3-4-8-23-15/h3-5,8,11,13-14,17H,6-7,9-10H2,1-2H3,(H,24,25,26)/t13-,14+,17?. The fourth-order valence-corrected chi connectivity index (χ4v) is 4.86. The Morgan fingerprint density at radius 3 is 2.69 bits per heavy atom. The van der Waals surface area contributed by atoms with Crippen LogP contribution in [0.2, 0.25) is 0 Å². The number of carbonyl (C=O) groups excluding carboxylic acids is 1. The maximum Gasteiger partial charge on any atom is 0.258 e. The van der Waals surface area contributed by atoms with Crippen molar-refractivity contribution in [3.05, 3.63) is 47.7 Å². The van der Waals surface area contributed by atoms with E-state index in [9.17, 15) is 4.79 Å². The molecule has 2 aliphatic carbocycles. The van der Waals surface area contributed by atoms with E-state index in [1.165, 1.54) is 6.33 Å². The number of aryl methyl sites for hydroxylation is 1. The summed E-state index contributed by atoms with van der Waals surface area (Å²) in [6.07, 6.45) is 5.55. The first-order valence-electron chi connectivity index (χ1n) is 10.3. The lowest BCUT2D eigenvalue weighted by Gasteiger charge is -2.20. The lowest BCUT2D eigenvalue weighted by molar-refractivity contribution is 0.0772. The van der Waals surface area contributed by atoms with Gasteiger partial charge in [0.2, 0.25) is 5.71 Å². The van der Waals surface area contributed by atoms with E-state index < -0.39 is 0 Å². The third kappa shape index (κ3) is 2.63. The van der Waals surface area contributed by atoms with Gasteiger partial charge in [0.15, 0.2) is 0 Å². The van der Waals surface area contributed by atoms with Gasteiger partial charge in [-0.05, 0) is 50.7 Å². The lowest BCUT2D eigenvalue weighted by atomic mass is 10.1. The van der Waals surface area contributed by atoms with Crippen LogP contribution in [0.1, 0.15) is 47.5 Å². The summed E-state index contributed by atoms with van der Waals surface area (Å²) in [6.45, 7) is 5.54. The Balaban J connectivity index is 1.28. The van der Waals surface area contributed by atoms with Crippen LogP contribution in [0.15, 0.2) is 35.1 Å². The molecule has 0 spiro atoms. The molecule has 1 amide bonds. The first-order valence-corrected chi connectivity index (χ1v) is 10.3. The molecule has 7 nitrogen and oxygen atoms in total. The number of piperidine rings is 1. The minimum absolute atomic E-state index is 0.0204. The fraction of sp³-hybridized carbons (Fsp3) is 0.455. The maximum atomic E-state index is 13.5. The van der Waals surface area contributed by atoms with Crippen molar-refractivity contribution >= 4 is 22.8 Å². The van der Waals surface area contributed by atoms with Gasteiger partial charge in [-0.3, -0.25) is 9.78 Å². The van der Waals surface area contributed by atoms with Crippen LogP contribution in [0.5, 0.6) is 0 Å². The number of furan rings is 1. The third-order valence-corrected chi connectivity index (χ3v) is 6.81. The molecule has 0 aromatic carbocycles. The van der Waals surface area contributed by atoms with E-state index >= 15 is 0 Å². The predicted molar refractivity (Wildman–Crippen MR) is 108 cm³/mol. The first kappa shape index (κ1) is 16.9. The number of aromatic nitrogens is 3. The molecule has 3 aromatic heterocycles. The molecule has 3 atom stereocenters. The molecule has 0 radical (unpaired) electrons. The lowest BCUT2D eigenvalue weighted by Crippen LogP contribution is -2.32. The fourth-order valence-electron chi connectivity index (χ4n) is 4.86. The molecule has 0 bridgehead atoms. The van der Waals surface area contributed by atoms with Crippen molar-refractivity contribution in [1.82, 2.24) is 19.9 Å². The molecular formula is C22H23N5O2. The highest BCUT2D eigenvalue weighted by molar-refractivity contribution is 6.10. The van der Waals surface area contributed by atoms with E-state index in [2.05, 4.69) is 33.3 Å². The van der Waals surface area contributed by atoms with Crippen LogP contribution in [0.25, 0.3) is 11.1 Å². The van der Waals surface area contributed by atoms with Crippen LogP contribution in [0, 0.1) is 18.8 Å². The van der Waals surface area contributed by atoms with Crippen molar-refractivity contribution in [2.24, 2.45) is 11.8 Å². The molecule has 29 heavy (non-hydrogen) atoms. The van der Waals surface area contributed by atoms with Gasteiger partial charge in [-0.25, -0.2) is 9.97 Å². The Morgan fingerprint density at radius 2 is 2.00 bits per heavy atom. The Morgan fingerprint density at radius 1 is 1.21 bits per heavy atom. The Kier molecular flexibility index (Phi) is 3.38. The topological polar surface area (TPSA) is 84.2 Å². The molecule has 148 valence electrons. The van der Waals surface area contributed by atoms with E-state index in [0.717, 1.165) is 31.6 Å². The van der Waals surface area contributed by atoms with E-state index in [-0.39, 0.29) is 11.4 Å². The largest absolute Gasteiger partial charge is 0.442 e. The molecule has 3 aliphatic rings. The zero-order valence-corrected chi connectivity index (χ0v) is 16.6. The Labute approximate surface area is 168 Å². The van der Waals surface area contributed by atoms with E-state index in [1.54, 1.807) is 0 Å². The Hall–Kier alpha value is -2.96. The van der Waals surface area contributed by atoms with Gasteiger partial charge in [-0.1, -0.05) is 6.07 Å². The van der Waals surface area contributed by atoms with Gasteiger partial charge in [-0.2, -0.15) is 0 Å². The van der Waals surface area contributed by atoms with E-state index in [0.29, 0.717) is 46.0 Å². The van der Waals surface area contributed by atoms with Crippen molar-refractivity contribution in [2.45, 2.75) is 38.1 Å². The number of hydrogen-bond acceptors (Lipinski definition) is 6. The minimum atomic E-state index is 0.0204. The quantitative estimate of drug-likeness (QED) is 0.736. The SMILES string of the molecule is Cc1oc2ncnc(NC3(C)CC3)c2c1C(=O)N1C[C@@H]2C(c3ccccn3)[C@@H]2C1. The highest BCUT2D eigenvalue weighted by Gasteiger charge is 2.58. The number of hydrogen-bond donors (Lipinski definition) is 1. The summed E-state index contributed by atoms with van der Waals surface area (Å²) in [5, 5.41) is 4.20. The van der Waals surface area contributed by atoms with Crippen molar-refractivity contribution < 1.29 is 9.21 Å². The van der Waals surface area contributed by atoms with Gasteiger partial charge < -0.3 is 14.6 Å². The van der Waals surface area contributed by atoms with Gasteiger partial charge in [-0.15, -0.1) is 0 Å². The van der Waals surface area contributed by atoms with E-state index in [4.69, 9.17) is 4.42 Å². The zero-order chi connectivity index (χ0) is 19.8. The zero-order valence-electron chi connectivity index (χ0n) is 16.6. The number of pyridine rings is 1. The molecule has 1 N–H and O–H groups in total. The van der Waals surface area contributed by atoms with Crippen LogP contribution in [0.4, 0.5) is 5.82 Å². The predicted octanol–water partition coefficient (Wildman–Crippen LogP) is 3.38. The molecule has 7 heteroatoms. The van der Waals surface area contributed by atoms with Gasteiger partial charge in [0, 0.05) is 36.4 Å². The van der Waals surface area contributed by atoms with Crippen LogP contribution < -0.4 is 5.32 Å². The van der Waals surface area contributed by atoms with Crippen LogP contribution in [-0.2, 0) is 0 Å². The summed E-state index contributed by atoms with van der Waals surface area (Å²) >= 11 is 0. The number of fused-ring (bicyclic) bond motifs is 2. The van der Waals surface area contributed by atoms with Crippen molar-refractivity contribution in [1.29, 1.82) is 0 Å². The maximum absolute atomic E-state index is 13.5. The minimum Gasteiger partial charge on any atom is -0.442 e. The number of rotatable bonds is 4. The number of amides is 1. The molecule has 2 saturated carbocycles. The number of nitrogens with one attached hydrogen (secondary N) is 1. The molecular weight excluding hydrogens is 366 g/mol. The summed E-state index contributed by atoms with van der Waals surface area (Å²) in [5.41, 5.74) is 2.28. The van der Waals surface area contributed by atoms with Gasteiger partial charge in [0.05, 0.1) is 10.9 Å². The Bertz CT molecular complexity index is 1110.